The molecule has 0 radical (unpaired) electrons. The van der Waals surface area contributed by atoms with E-state index in [4.69, 9.17) is 5.11 Å². The van der Waals surface area contributed by atoms with Crippen LogP contribution in [0.3, 0.4) is 0 Å². The lowest BCUT2D eigenvalue weighted by Gasteiger charge is -2.21. The van der Waals surface area contributed by atoms with Gasteiger partial charge in [0.25, 0.3) is 0 Å². The highest BCUT2D eigenvalue weighted by Gasteiger charge is 2.38. The SMILES string of the molecule is C/C=C/CCNC(=O)N1C[C@@H](O)C[C@H]1C(=O)O. The molecular formula is C11H18N2O4. The Balaban J connectivity index is 2.46. The number of carbonyl (C=O) groups is 2. The second-order valence-electron chi connectivity index (χ2n) is 3.99. The topological polar surface area (TPSA) is 89.9 Å². The van der Waals surface area contributed by atoms with Crippen LogP contribution in [0.25, 0.3) is 0 Å². The molecule has 1 heterocycles. The summed E-state index contributed by atoms with van der Waals surface area (Å²) in [4.78, 5) is 23.7. The number of nitrogens with zero attached hydrogens (tertiary/aromatic N) is 1. The average Bonchev–Trinajstić information content (AvgIpc) is 2.66. The van der Waals surface area contributed by atoms with Gasteiger partial charge in [-0.05, 0) is 13.3 Å². The molecule has 1 saturated heterocycles. The molecule has 17 heavy (non-hydrogen) atoms. The van der Waals surface area contributed by atoms with Gasteiger partial charge in [0.2, 0.25) is 0 Å². The van der Waals surface area contributed by atoms with E-state index >= 15 is 0 Å². The number of aliphatic carboxylic acids is 1. The van der Waals surface area contributed by atoms with Crippen molar-refractivity contribution in [3.05, 3.63) is 12.2 Å². The van der Waals surface area contributed by atoms with Crippen molar-refractivity contribution in [3.8, 4) is 0 Å². The molecule has 0 bridgehead atoms. The van der Waals surface area contributed by atoms with E-state index in [1.807, 2.05) is 19.1 Å². The first kappa shape index (κ1) is 13.5. The zero-order valence-corrected chi connectivity index (χ0v) is 9.80. The Morgan fingerprint density at radius 3 is 2.82 bits per heavy atom. The Labute approximate surface area is 99.9 Å². The minimum atomic E-state index is -1.08. The molecule has 0 spiro atoms. The number of carboxylic acids is 1. The van der Waals surface area contributed by atoms with Crippen molar-refractivity contribution in [3.63, 3.8) is 0 Å². The first-order chi connectivity index (χ1) is 8.06. The predicted molar refractivity (Wildman–Crippen MR) is 61.6 cm³/mol. The number of hydrogen-bond donors (Lipinski definition) is 3. The number of allylic oxidation sites excluding steroid dienone is 1. The number of aliphatic hydroxyl groups is 1. The van der Waals surface area contributed by atoms with Gasteiger partial charge in [-0.15, -0.1) is 0 Å². The molecule has 2 atom stereocenters. The third-order valence-electron chi connectivity index (χ3n) is 2.65. The molecule has 0 aromatic rings. The molecule has 1 aliphatic rings. The summed E-state index contributed by atoms with van der Waals surface area (Å²) >= 11 is 0. The Morgan fingerprint density at radius 2 is 2.24 bits per heavy atom. The standard InChI is InChI=1S/C11H18N2O4/c1-2-3-4-5-12-11(17)13-7-8(14)6-9(13)10(15)16/h2-3,8-9,14H,4-7H2,1H3,(H,12,17)(H,15,16)/b3-2+/t8-,9-/m0/s1. The van der Waals surface area contributed by atoms with E-state index in [0.29, 0.717) is 13.0 Å². The summed E-state index contributed by atoms with van der Waals surface area (Å²) in [6.07, 6.45) is 3.84. The van der Waals surface area contributed by atoms with Gasteiger partial charge in [0.05, 0.1) is 6.10 Å². The Morgan fingerprint density at radius 1 is 1.53 bits per heavy atom. The molecule has 1 fully saturated rings. The molecule has 6 heteroatoms. The summed E-state index contributed by atoms with van der Waals surface area (Å²) in [7, 11) is 0. The quantitative estimate of drug-likeness (QED) is 0.484. The molecule has 0 aliphatic carbocycles. The maximum absolute atomic E-state index is 11.7. The van der Waals surface area contributed by atoms with E-state index in [-0.39, 0.29) is 13.0 Å². The highest BCUT2D eigenvalue weighted by Crippen LogP contribution is 2.17. The van der Waals surface area contributed by atoms with Gasteiger partial charge in [0.1, 0.15) is 6.04 Å². The van der Waals surface area contributed by atoms with Gasteiger partial charge < -0.3 is 20.4 Å². The lowest BCUT2D eigenvalue weighted by Crippen LogP contribution is -2.46. The molecule has 1 rings (SSSR count). The second-order valence-corrected chi connectivity index (χ2v) is 3.99. The van der Waals surface area contributed by atoms with Crippen LogP contribution in [0.2, 0.25) is 0 Å². The zero-order valence-electron chi connectivity index (χ0n) is 9.80. The minimum Gasteiger partial charge on any atom is -0.480 e. The van der Waals surface area contributed by atoms with Crippen molar-refractivity contribution >= 4 is 12.0 Å². The van der Waals surface area contributed by atoms with Crippen LogP contribution in [0.5, 0.6) is 0 Å². The van der Waals surface area contributed by atoms with Crippen molar-refractivity contribution in [2.45, 2.75) is 31.9 Å². The zero-order chi connectivity index (χ0) is 12.8. The first-order valence-corrected chi connectivity index (χ1v) is 5.62. The van der Waals surface area contributed by atoms with E-state index in [2.05, 4.69) is 5.32 Å². The summed E-state index contributed by atoms with van der Waals surface area (Å²) in [5.41, 5.74) is 0. The lowest BCUT2D eigenvalue weighted by atomic mass is 10.2. The van der Waals surface area contributed by atoms with Crippen molar-refractivity contribution < 1.29 is 19.8 Å². The number of urea groups is 1. The van der Waals surface area contributed by atoms with E-state index < -0.39 is 24.1 Å². The number of rotatable bonds is 4. The highest BCUT2D eigenvalue weighted by atomic mass is 16.4. The van der Waals surface area contributed by atoms with Crippen LogP contribution >= 0.6 is 0 Å². The van der Waals surface area contributed by atoms with Gasteiger partial charge >= 0.3 is 12.0 Å². The van der Waals surface area contributed by atoms with Gasteiger partial charge in [-0.2, -0.15) is 0 Å². The van der Waals surface area contributed by atoms with Gasteiger partial charge in [-0.25, -0.2) is 9.59 Å². The molecule has 0 aromatic heterocycles. The van der Waals surface area contributed by atoms with Crippen LogP contribution in [-0.2, 0) is 4.79 Å². The van der Waals surface area contributed by atoms with Crippen LogP contribution < -0.4 is 5.32 Å². The number of β-amino-alcohol motifs (C(OH)–C–C–N with tert-alkyl or cyclic N) is 1. The van der Waals surface area contributed by atoms with Gasteiger partial charge in [0.15, 0.2) is 0 Å². The number of nitrogens with one attached hydrogen (secondary N) is 1. The molecule has 0 unspecified atom stereocenters. The van der Waals surface area contributed by atoms with E-state index in [1.165, 1.54) is 4.90 Å². The highest BCUT2D eigenvalue weighted by molar-refractivity contribution is 5.83. The molecular weight excluding hydrogens is 224 g/mol. The van der Waals surface area contributed by atoms with Crippen LogP contribution in [-0.4, -0.2) is 52.3 Å². The maximum atomic E-state index is 11.7. The first-order valence-electron chi connectivity index (χ1n) is 5.62. The number of carbonyl (C=O) groups excluding carboxylic acids is 1. The summed E-state index contributed by atoms with van der Waals surface area (Å²) in [5, 5.41) is 20.9. The molecule has 2 amide bonds. The maximum Gasteiger partial charge on any atom is 0.326 e. The predicted octanol–water partition coefficient (Wildman–Crippen LogP) is 0.182. The monoisotopic (exact) mass is 242 g/mol. The van der Waals surface area contributed by atoms with Crippen LogP contribution in [0, 0.1) is 0 Å². The largest absolute Gasteiger partial charge is 0.480 e. The smallest absolute Gasteiger partial charge is 0.326 e. The number of aliphatic hydroxyl groups excluding tert-OH is 1. The fraction of sp³-hybridized carbons (Fsp3) is 0.636. The minimum absolute atomic E-state index is 0.0758. The van der Waals surface area contributed by atoms with Crippen LogP contribution in [0.1, 0.15) is 19.8 Å². The van der Waals surface area contributed by atoms with E-state index in [9.17, 15) is 14.7 Å². The summed E-state index contributed by atoms with van der Waals surface area (Å²) in [6, 6.07) is -1.36. The fourth-order valence-electron chi connectivity index (χ4n) is 1.80. The van der Waals surface area contributed by atoms with Crippen molar-refractivity contribution in [2.24, 2.45) is 0 Å². The Bertz CT molecular complexity index is 317. The lowest BCUT2D eigenvalue weighted by molar-refractivity contribution is -0.141. The van der Waals surface area contributed by atoms with Gasteiger partial charge in [0, 0.05) is 19.5 Å². The Hall–Kier alpha value is -1.56. The molecule has 0 aromatic carbocycles. The van der Waals surface area contributed by atoms with Crippen molar-refractivity contribution in [1.29, 1.82) is 0 Å². The third kappa shape index (κ3) is 3.74. The summed E-state index contributed by atoms with van der Waals surface area (Å²) in [5.74, 6) is -1.08. The number of amides is 2. The molecule has 0 saturated carbocycles. The second kappa shape index (κ2) is 6.24. The number of likely N-dealkylation sites (tertiary alicyclic amines) is 1. The average molecular weight is 242 g/mol. The summed E-state index contributed by atoms with van der Waals surface area (Å²) in [6.45, 7) is 2.42. The molecule has 96 valence electrons. The van der Waals surface area contributed by atoms with Crippen LogP contribution in [0.15, 0.2) is 12.2 Å². The molecule has 3 N–H and O–H groups in total. The van der Waals surface area contributed by atoms with Gasteiger partial charge in [-0.3, -0.25) is 0 Å². The normalized spacial score (nSPS) is 24.2. The third-order valence-corrected chi connectivity index (χ3v) is 2.65. The Kier molecular flexibility index (Phi) is 4.96. The van der Waals surface area contributed by atoms with E-state index in [0.717, 1.165) is 0 Å². The van der Waals surface area contributed by atoms with Crippen LogP contribution in [0.4, 0.5) is 4.79 Å². The van der Waals surface area contributed by atoms with Crippen molar-refractivity contribution in [1.82, 2.24) is 10.2 Å². The van der Waals surface area contributed by atoms with E-state index in [1.54, 1.807) is 0 Å². The number of hydrogen-bond acceptors (Lipinski definition) is 3. The number of carboxylic acid groups (broad SMARTS) is 1. The van der Waals surface area contributed by atoms with Crippen molar-refractivity contribution in [2.75, 3.05) is 13.1 Å². The molecule has 6 nitrogen and oxygen atoms in total. The molecule has 1 aliphatic heterocycles. The summed E-state index contributed by atoms with van der Waals surface area (Å²) < 4.78 is 0. The van der Waals surface area contributed by atoms with Gasteiger partial charge in [-0.1, -0.05) is 12.2 Å². The fourth-order valence-corrected chi connectivity index (χ4v) is 1.80.